The summed E-state index contributed by atoms with van der Waals surface area (Å²) in [6.45, 7) is 3.72. The van der Waals surface area contributed by atoms with E-state index in [0.29, 0.717) is 12.0 Å². The molecule has 122 valence electrons. The summed E-state index contributed by atoms with van der Waals surface area (Å²) in [5, 5.41) is 11.6. The molecule has 0 unspecified atom stereocenters. The van der Waals surface area contributed by atoms with Crippen molar-refractivity contribution in [2.75, 3.05) is 6.26 Å². The van der Waals surface area contributed by atoms with E-state index in [9.17, 15) is 18.0 Å². The lowest BCUT2D eigenvalue weighted by atomic mass is 10.0. The predicted octanol–water partition coefficient (Wildman–Crippen LogP) is 1.25. The van der Waals surface area contributed by atoms with Crippen LogP contribution in [0.2, 0.25) is 0 Å². The van der Waals surface area contributed by atoms with Crippen molar-refractivity contribution in [1.82, 2.24) is 5.32 Å². The minimum atomic E-state index is -3.44. The predicted molar refractivity (Wildman–Crippen MR) is 82.3 cm³/mol. The molecule has 22 heavy (non-hydrogen) atoms. The number of rotatable bonds is 7. The molecule has 0 radical (unpaired) electrons. The Bertz CT molecular complexity index is 652. The maximum atomic E-state index is 12.0. The summed E-state index contributed by atoms with van der Waals surface area (Å²) < 4.78 is 23.4. The number of hydrogen-bond donors (Lipinski definition) is 2. The molecule has 0 fully saturated rings. The minimum absolute atomic E-state index is 0.0842. The van der Waals surface area contributed by atoms with Crippen LogP contribution >= 0.6 is 0 Å². The highest BCUT2D eigenvalue weighted by Gasteiger charge is 2.22. The van der Waals surface area contributed by atoms with E-state index < -0.39 is 27.8 Å². The second-order valence-electron chi connectivity index (χ2n) is 5.64. The fraction of sp³-hybridized carbons (Fsp3) is 0.467. The van der Waals surface area contributed by atoms with Crippen molar-refractivity contribution in [2.24, 2.45) is 5.92 Å². The number of carbonyl (C=O) groups is 2. The largest absolute Gasteiger partial charge is 0.480 e. The molecule has 1 atom stereocenters. The van der Waals surface area contributed by atoms with Crippen molar-refractivity contribution in [3.63, 3.8) is 0 Å². The van der Waals surface area contributed by atoms with E-state index >= 15 is 0 Å². The molecular weight excluding hydrogens is 306 g/mol. The van der Waals surface area contributed by atoms with Gasteiger partial charge in [-0.3, -0.25) is 4.79 Å². The lowest BCUT2D eigenvalue weighted by Gasteiger charge is -2.17. The van der Waals surface area contributed by atoms with Crippen LogP contribution in [0.15, 0.2) is 29.2 Å². The minimum Gasteiger partial charge on any atom is -0.480 e. The van der Waals surface area contributed by atoms with Gasteiger partial charge in [-0.1, -0.05) is 32.0 Å². The standard InChI is InChI=1S/C15H21NO5S/c1-10(2)8-12(15(18)19)16-14(17)9-11-6-4-5-7-13(11)22(3,20)21/h4-7,10,12H,8-9H2,1-3H3,(H,16,17)(H,18,19)/t12-/m1/s1. The van der Waals surface area contributed by atoms with Crippen LogP contribution in [0.4, 0.5) is 0 Å². The summed E-state index contributed by atoms with van der Waals surface area (Å²) in [5.74, 6) is -1.49. The van der Waals surface area contributed by atoms with Crippen molar-refractivity contribution in [3.8, 4) is 0 Å². The number of sulfone groups is 1. The van der Waals surface area contributed by atoms with Crippen LogP contribution in [0.25, 0.3) is 0 Å². The molecule has 1 aromatic rings. The molecule has 0 spiro atoms. The van der Waals surface area contributed by atoms with Gasteiger partial charge < -0.3 is 10.4 Å². The molecule has 0 heterocycles. The van der Waals surface area contributed by atoms with Crippen molar-refractivity contribution in [2.45, 2.75) is 37.6 Å². The third kappa shape index (κ3) is 5.48. The monoisotopic (exact) mass is 327 g/mol. The lowest BCUT2D eigenvalue weighted by Crippen LogP contribution is -2.42. The van der Waals surface area contributed by atoms with Crippen LogP contribution in [-0.2, 0) is 25.8 Å². The van der Waals surface area contributed by atoms with E-state index in [0.717, 1.165) is 6.26 Å². The molecule has 0 aliphatic heterocycles. The Labute approximate surface area is 130 Å². The fourth-order valence-corrected chi connectivity index (χ4v) is 3.07. The fourth-order valence-electron chi connectivity index (χ4n) is 2.12. The average Bonchev–Trinajstić information content (AvgIpc) is 2.36. The number of carboxylic acid groups (broad SMARTS) is 1. The molecule has 0 aliphatic rings. The van der Waals surface area contributed by atoms with Gasteiger partial charge in [-0.2, -0.15) is 0 Å². The van der Waals surface area contributed by atoms with Gasteiger partial charge in [0, 0.05) is 6.26 Å². The molecule has 1 amide bonds. The maximum Gasteiger partial charge on any atom is 0.326 e. The zero-order chi connectivity index (χ0) is 16.9. The van der Waals surface area contributed by atoms with Gasteiger partial charge in [0.05, 0.1) is 11.3 Å². The number of carboxylic acids is 1. The van der Waals surface area contributed by atoms with Crippen molar-refractivity contribution >= 4 is 21.7 Å². The molecule has 2 N–H and O–H groups in total. The second-order valence-corrected chi connectivity index (χ2v) is 7.63. The van der Waals surface area contributed by atoms with Gasteiger partial charge in [-0.25, -0.2) is 13.2 Å². The van der Waals surface area contributed by atoms with E-state index in [1.165, 1.54) is 6.07 Å². The average molecular weight is 327 g/mol. The molecule has 1 aromatic carbocycles. The van der Waals surface area contributed by atoms with Crippen LogP contribution in [0, 0.1) is 5.92 Å². The molecule has 0 aromatic heterocycles. The van der Waals surface area contributed by atoms with Gasteiger partial charge in [-0.15, -0.1) is 0 Å². The summed E-state index contributed by atoms with van der Waals surface area (Å²) in [5.41, 5.74) is 0.358. The number of aliphatic carboxylic acids is 1. The normalized spacial score (nSPS) is 12.9. The Morgan fingerprint density at radius 2 is 1.82 bits per heavy atom. The molecule has 6 nitrogen and oxygen atoms in total. The van der Waals surface area contributed by atoms with Crippen molar-refractivity contribution in [1.29, 1.82) is 0 Å². The van der Waals surface area contributed by atoms with E-state index in [-0.39, 0.29) is 17.2 Å². The van der Waals surface area contributed by atoms with Gasteiger partial charge in [-0.05, 0) is 24.0 Å². The van der Waals surface area contributed by atoms with E-state index in [1.54, 1.807) is 18.2 Å². The highest BCUT2D eigenvalue weighted by molar-refractivity contribution is 7.90. The summed E-state index contributed by atoms with van der Waals surface area (Å²) in [4.78, 5) is 23.2. The molecule has 1 rings (SSSR count). The Morgan fingerprint density at radius 3 is 2.32 bits per heavy atom. The first-order chi connectivity index (χ1) is 10.1. The Kier molecular flexibility index (Phi) is 6.11. The number of amides is 1. The van der Waals surface area contributed by atoms with E-state index in [4.69, 9.17) is 5.11 Å². The van der Waals surface area contributed by atoms with Crippen LogP contribution in [0.1, 0.15) is 25.8 Å². The Hall–Kier alpha value is -1.89. The first kappa shape index (κ1) is 18.2. The quantitative estimate of drug-likeness (QED) is 0.785. The highest BCUT2D eigenvalue weighted by atomic mass is 32.2. The van der Waals surface area contributed by atoms with Crippen LogP contribution in [0.5, 0.6) is 0 Å². The lowest BCUT2D eigenvalue weighted by molar-refractivity contribution is -0.142. The topological polar surface area (TPSA) is 101 Å². The van der Waals surface area contributed by atoms with Gasteiger partial charge in [0.2, 0.25) is 5.91 Å². The zero-order valence-corrected chi connectivity index (χ0v) is 13.7. The molecule has 0 bridgehead atoms. The number of benzene rings is 1. The highest BCUT2D eigenvalue weighted by Crippen LogP contribution is 2.16. The van der Waals surface area contributed by atoms with Crippen LogP contribution in [-0.4, -0.2) is 37.7 Å². The van der Waals surface area contributed by atoms with Crippen molar-refractivity contribution in [3.05, 3.63) is 29.8 Å². The Balaban J connectivity index is 2.87. The van der Waals surface area contributed by atoms with Crippen LogP contribution < -0.4 is 5.32 Å². The Morgan fingerprint density at radius 1 is 1.23 bits per heavy atom. The van der Waals surface area contributed by atoms with Crippen LogP contribution in [0.3, 0.4) is 0 Å². The number of nitrogens with one attached hydrogen (secondary N) is 1. The molecule has 0 saturated heterocycles. The van der Waals surface area contributed by atoms with E-state index in [2.05, 4.69) is 5.32 Å². The molecule has 0 aliphatic carbocycles. The zero-order valence-electron chi connectivity index (χ0n) is 12.9. The first-order valence-electron chi connectivity index (χ1n) is 6.91. The van der Waals surface area contributed by atoms with Gasteiger partial charge >= 0.3 is 5.97 Å². The number of carbonyl (C=O) groups excluding carboxylic acids is 1. The third-order valence-electron chi connectivity index (χ3n) is 3.06. The molecule has 0 saturated carbocycles. The number of hydrogen-bond acceptors (Lipinski definition) is 4. The SMILES string of the molecule is CC(C)C[C@@H](NC(=O)Cc1ccccc1S(C)(=O)=O)C(=O)O. The maximum absolute atomic E-state index is 12.0. The smallest absolute Gasteiger partial charge is 0.326 e. The summed E-state index contributed by atoms with van der Waals surface area (Å²) >= 11 is 0. The van der Waals surface area contributed by atoms with E-state index in [1.807, 2.05) is 13.8 Å². The molecular formula is C15H21NO5S. The van der Waals surface area contributed by atoms with Gasteiger partial charge in [0.25, 0.3) is 0 Å². The first-order valence-corrected chi connectivity index (χ1v) is 8.80. The summed E-state index contributed by atoms with van der Waals surface area (Å²) in [6.07, 6.45) is 1.21. The second kappa shape index (κ2) is 7.40. The third-order valence-corrected chi connectivity index (χ3v) is 4.26. The van der Waals surface area contributed by atoms with Gasteiger partial charge in [0.1, 0.15) is 6.04 Å². The van der Waals surface area contributed by atoms with Crippen molar-refractivity contribution < 1.29 is 23.1 Å². The van der Waals surface area contributed by atoms with Gasteiger partial charge in [0.15, 0.2) is 9.84 Å². The molecule has 7 heteroatoms. The summed E-state index contributed by atoms with van der Waals surface area (Å²) in [6, 6.07) is 5.23. The summed E-state index contributed by atoms with van der Waals surface area (Å²) in [7, 11) is -3.44.